The first-order valence-electron chi connectivity index (χ1n) is 5.34. The van der Waals surface area contributed by atoms with Crippen LogP contribution in [0.25, 0.3) is 0 Å². The summed E-state index contributed by atoms with van der Waals surface area (Å²) in [7, 11) is 0. The molecule has 0 aliphatic heterocycles. The largest absolute Gasteiger partial charge is 0.492 e. The lowest BCUT2D eigenvalue weighted by molar-refractivity contribution is 0.299. The zero-order valence-corrected chi connectivity index (χ0v) is 9.63. The van der Waals surface area contributed by atoms with Crippen LogP contribution in [0.5, 0.6) is 5.75 Å². The molecule has 82 valence electrons. The Bertz CT molecular complexity index is 347. The zero-order valence-electron chi connectivity index (χ0n) is 8.87. The van der Waals surface area contributed by atoms with E-state index < -0.39 is 0 Å². The van der Waals surface area contributed by atoms with Crippen LogP contribution in [0.1, 0.15) is 31.4 Å². The molecule has 0 radical (unpaired) electrons. The van der Waals surface area contributed by atoms with Gasteiger partial charge in [-0.15, -0.1) is 0 Å². The molecule has 1 atom stereocenters. The molecule has 2 N–H and O–H groups in total. The van der Waals surface area contributed by atoms with Gasteiger partial charge in [0.2, 0.25) is 0 Å². The maximum atomic E-state index is 6.04. The second-order valence-electron chi connectivity index (χ2n) is 4.23. The second kappa shape index (κ2) is 4.42. The topological polar surface area (TPSA) is 35.2 Å². The van der Waals surface area contributed by atoms with E-state index in [0.29, 0.717) is 5.02 Å². The average molecular weight is 226 g/mol. The predicted molar refractivity (Wildman–Crippen MR) is 62.3 cm³/mol. The maximum Gasteiger partial charge on any atom is 0.138 e. The van der Waals surface area contributed by atoms with Crippen molar-refractivity contribution < 1.29 is 4.74 Å². The minimum atomic E-state index is 0.0190. The number of halogens is 1. The summed E-state index contributed by atoms with van der Waals surface area (Å²) in [4.78, 5) is 0. The summed E-state index contributed by atoms with van der Waals surface area (Å²) in [6.07, 6.45) is 2.56. The lowest BCUT2D eigenvalue weighted by Gasteiger charge is -2.11. The second-order valence-corrected chi connectivity index (χ2v) is 4.64. The molecule has 15 heavy (non-hydrogen) atoms. The van der Waals surface area contributed by atoms with Crippen LogP contribution >= 0.6 is 11.6 Å². The smallest absolute Gasteiger partial charge is 0.138 e. The SMILES string of the molecule is C[C@H](N)c1ccc(Cl)c(OCC2CC2)c1. The summed E-state index contributed by atoms with van der Waals surface area (Å²) in [5.41, 5.74) is 6.86. The predicted octanol–water partition coefficient (Wildman–Crippen LogP) is 3.15. The van der Waals surface area contributed by atoms with Gasteiger partial charge in [0, 0.05) is 6.04 Å². The van der Waals surface area contributed by atoms with Gasteiger partial charge >= 0.3 is 0 Å². The molecule has 3 heteroatoms. The van der Waals surface area contributed by atoms with Gasteiger partial charge in [0.15, 0.2) is 0 Å². The van der Waals surface area contributed by atoms with Crippen LogP contribution < -0.4 is 10.5 Å². The Hall–Kier alpha value is -0.730. The van der Waals surface area contributed by atoms with E-state index in [0.717, 1.165) is 23.8 Å². The van der Waals surface area contributed by atoms with Crippen LogP contribution in [-0.2, 0) is 0 Å². The molecule has 0 heterocycles. The fraction of sp³-hybridized carbons (Fsp3) is 0.500. The Morgan fingerprint density at radius 3 is 2.87 bits per heavy atom. The Balaban J connectivity index is 2.08. The van der Waals surface area contributed by atoms with E-state index in [1.807, 2.05) is 25.1 Å². The van der Waals surface area contributed by atoms with Gasteiger partial charge in [-0.3, -0.25) is 0 Å². The summed E-state index contributed by atoms with van der Waals surface area (Å²) in [5.74, 6) is 1.50. The molecule has 0 amide bonds. The highest BCUT2D eigenvalue weighted by atomic mass is 35.5. The molecule has 1 aromatic carbocycles. The Morgan fingerprint density at radius 1 is 1.53 bits per heavy atom. The lowest BCUT2D eigenvalue weighted by atomic mass is 10.1. The highest BCUT2D eigenvalue weighted by molar-refractivity contribution is 6.32. The van der Waals surface area contributed by atoms with Crippen LogP contribution in [0.3, 0.4) is 0 Å². The highest BCUT2D eigenvalue weighted by Gasteiger charge is 2.22. The quantitative estimate of drug-likeness (QED) is 0.855. The van der Waals surface area contributed by atoms with Crippen molar-refractivity contribution >= 4 is 11.6 Å². The van der Waals surface area contributed by atoms with Crippen molar-refractivity contribution in [2.45, 2.75) is 25.8 Å². The summed E-state index contributed by atoms with van der Waals surface area (Å²) >= 11 is 6.04. The molecule has 1 aromatic rings. The van der Waals surface area contributed by atoms with Crippen molar-refractivity contribution in [2.24, 2.45) is 11.7 Å². The monoisotopic (exact) mass is 225 g/mol. The molecule has 0 aromatic heterocycles. The zero-order chi connectivity index (χ0) is 10.8. The van der Waals surface area contributed by atoms with Crippen LogP contribution in [-0.4, -0.2) is 6.61 Å². The van der Waals surface area contributed by atoms with Crippen LogP contribution in [0, 0.1) is 5.92 Å². The third kappa shape index (κ3) is 2.86. The first kappa shape index (κ1) is 10.8. The van der Waals surface area contributed by atoms with Crippen molar-refractivity contribution in [2.75, 3.05) is 6.61 Å². The van der Waals surface area contributed by atoms with Crippen molar-refractivity contribution in [3.05, 3.63) is 28.8 Å². The molecular formula is C12H16ClNO. The third-order valence-corrected chi connectivity index (χ3v) is 2.96. The highest BCUT2D eigenvalue weighted by Crippen LogP contribution is 2.32. The van der Waals surface area contributed by atoms with Gasteiger partial charge in [-0.1, -0.05) is 17.7 Å². The minimum Gasteiger partial charge on any atom is -0.492 e. The Morgan fingerprint density at radius 2 is 2.27 bits per heavy atom. The number of rotatable bonds is 4. The minimum absolute atomic E-state index is 0.0190. The molecule has 1 aliphatic carbocycles. The van der Waals surface area contributed by atoms with E-state index >= 15 is 0 Å². The molecular weight excluding hydrogens is 210 g/mol. The molecule has 1 saturated carbocycles. The summed E-state index contributed by atoms with van der Waals surface area (Å²) in [6.45, 7) is 2.73. The molecule has 0 bridgehead atoms. The molecule has 2 rings (SSSR count). The first-order chi connectivity index (χ1) is 7.16. The molecule has 2 nitrogen and oxygen atoms in total. The maximum absolute atomic E-state index is 6.04. The number of nitrogens with two attached hydrogens (primary N) is 1. The van der Waals surface area contributed by atoms with E-state index in [-0.39, 0.29) is 6.04 Å². The van der Waals surface area contributed by atoms with Gasteiger partial charge in [0.25, 0.3) is 0 Å². The number of ether oxygens (including phenoxy) is 1. The van der Waals surface area contributed by atoms with Gasteiger partial charge in [-0.05, 0) is 43.4 Å². The lowest BCUT2D eigenvalue weighted by Crippen LogP contribution is -2.06. The van der Waals surface area contributed by atoms with Gasteiger partial charge in [-0.2, -0.15) is 0 Å². The van der Waals surface area contributed by atoms with E-state index in [9.17, 15) is 0 Å². The fourth-order valence-electron chi connectivity index (χ4n) is 1.41. The normalized spacial score (nSPS) is 17.5. The van der Waals surface area contributed by atoms with E-state index in [1.165, 1.54) is 12.8 Å². The first-order valence-corrected chi connectivity index (χ1v) is 5.72. The van der Waals surface area contributed by atoms with Crippen molar-refractivity contribution in [1.82, 2.24) is 0 Å². The van der Waals surface area contributed by atoms with Crippen LogP contribution in [0.2, 0.25) is 5.02 Å². The number of hydrogen-bond donors (Lipinski definition) is 1. The molecule has 1 aliphatic rings. The van der Waals surface area contributed by atoms with E-state index in [1.54, 1.807) is 0 Å². The number of hydrogen-bond acceptors (Lipinski definition) is 2. The van der Waals surface area contributed by atoms with Crippen LogP contribution in [0.4, 0.5) is 0 Å². The van der Waals surface area contributed by atoms with Crippen molar-refractivity contribution in [3.8, 4) is 5.75 Å². The molecule has 0 spiro atoms. The Labute approximate surface area is 95.4 Å². The fourth-order valence-corrected chi connectivity index (χ4v) is 1.58. The molecule has 0 unspecified atom stereocenters. The average Bonchev–Trinajstić information content (AvgIpc) is 3.00. The van der Waals surface area contributed by atoms with Gasteiger partial charge in [0.1, 0.15) is 5.75 Å². The van der Waals surface area contributed by atoms with E-state index in [2.05, 4.69) is 0 Å². The third-order valence-electron chi connectivity index (χ3n) is 2.65. The number of benzene rings is 1. The Kier molecular flexibility index (Phi) is 3.17. The summed E-state index contributed by atoms with van der Waals surface area (Å²) in [5, 5.41) is 0.667. The van der Waals surface area contributed by atoms with E-state index in [4.69, 9.17) is 22.1 Å². The van der Waals surface area contributed by atoms with Crippen molar-refractivity contribution in [3.63, 3.8) is 0 Å². The van der Waals surface area contributed by atoms with Gasteiger partial charge in [0.05, 0.1) is 11.6 Å². The summed E-state index contributed by atoms with van der Waals surface area (Å²) < 4.78 is 5.66. The molecule has 1 fully saturated rings. The van der Waals surface area contributed by atoms with Gasteiger partial charge in [-0.25, -0.2) is 0 Å². The molecule has 0 saturated heterocycles. The standard InChI is InChI=1S/C12H16ClNO/c1-8(14)10-4-5-11(13)12(6-10)15-7-9-2-3-9/h4-6,8-9H,2-3,7,14H2,1H3/t8-/m0/s1. The van der Waals surface area contributed by atoms with Crippen molar-refractivity contribution in [1.29, 1.82) is 0 Å². The van der Waals surface area contributed by atoms with Gasteiger partial charge < -0.3 is 10.5 Å². The summed E-state index contributed by atoms with van der Waals surface area (Å²) in [6, 6.07) is 5.75. The van der Waals surface area contributed by atoms with Crippen LogP contribution in [0.15, 0.2) is 18.2 Å².